The summed E-state index contributed by atoms with van der Waals surface area (Å²) >= 11 is 0. The number of likely N-dealkylation sites (N-methyl/N-ethyl adjacent to an activating group) is 1. The molecule has 9 heteroatoms. The van der Waals surface area contributed by atoms with Crippen LogP contribution in [0.1, 0.15) is 23.4 Å². The van der Waals surface area contributed by atoms with Crippen LogP contribution in [0.5, 0.6) is 5.75 Å². The maximum Gasteiger partial charge on any atom is 0.247 e. The Morgan fingerprint density at radius 3 is 2.90 bits per heavy atom. The highest BCUT2D eigenvalue weighted by Gasteiger charge is 2.31. The van der Waals surface area contributed by atoms with Gasteiger partial charge in [0.2, 0.25) is 5.91 Å². The molecule has 2 heterocycles. The smallest absolute Gasteiger partial charge is 0.247 e. The Bertz CT molecular complexity index is 1010. The highest BCUT2D eigenvalue weighted by atomic mass is 19.1. The van der Waals surface area contributed by atoms with Gasteiger partial charge in [-0.05, 0) is 17.7 Å². The first-order chi connectivity index (χ1) is 14.0. The lowest BCUT2D eigenvalue weighted by Crippen LogP contribution is -2.48. The van der Waals surface area contributed by atoms with Crippen molar-refractivity contribution in [1.82, 2.24) is 20.5 Å². The number of amides is 1. The number of hydrogen-bond acceptors (Lipinski definition) is 6. The van der Waals surface area contributed by atoms with Gasteiger partial charge in [0.05, 0.1) is 5.69 Å². The van der Waals surface area contributed by atoms with Gasteiger partial charge in [0, 0.05) is 19.5 Å². The number of nitrogens with zero attached hydrogens (tertiary/aromatic N) is 3. The van der Waals surface area contributed by atoms with E-state index in [-0.39, 0.29) is 18.3 Å². The molecule has 0 bridgehead atoms. The minimum Gasteiger partial charge on any atom is -0.489 e. The zero-order valence-electron chi connectivity index (χ0n) is 15.7. The summed E-state index contributed by atoms with van der Waals surface area (Å²) in [5.41, 5.74) is 1.38. The Morgan fingerprint density at radius 2 is 2.10 bits per heavy atom. The number of carbonyl (C=O) groups is 1. The Labute approximate surface area is 166 Å². The second-order valence-electron chi connectivity index (χ2n) is 6.76. The number of H-pyrrole nitrogens is 1. The van der Waals surface area contributed by atoms with Crippen LogP contribution in [0.3, 0.4) is 0 Å². The number of aliphatic hydroxyl groups excluding tert-OH is 1. The van der Waals surface area contributed by atoms with E-state index in [1.165, 1.54) is 30.1 Å². The lowest BCUT2D eigenvalue weighted by Gasteiger charge is -2.22. The van der Waals surface area contributed by atoms with Gasteiger partial charge in [0.25, 0.3) is 0 Å². The normalized spacial score (nSPS) is 17.4. The van der Waals surface area contributed by atoms with Crippen LogP contribution in [0.25, 0.3) is 0 Å². The Hall–Kier alpha value is -3.30. The lowest BCUT2D eigenvalue weighted by molar-refractivity contribution is -0.121. The van der Waals surface area contributed by atoms with E-state index in [4.69, 9.17) is 4.74 Å². The third-order valence-electron chi connectivity index (χ3n) is 4.70. The fourth-order valence-electron chi connectivity index (χ4n) is 3.16. The van der Waals surface area contributed by atoms with Crippen LogP contribution in [0, 0.1) is 5.82 Å². The number of rotatable bonds is 5. The molecule has 0 radical (unpaired) electrons. The second-order valence-corrected chi connectivity index (χ2v) is 6.76. The largest absolute Gasteiger partial charge is 0.489 e. The fourth-order valence-corrected chi connectivity index (χ4v) is 3.16. The van der Waals surface area contributed by atoms with Crippen LogP contribution in [0.2, 0.25) is 0 Å². The molecule has 0 saturated carbocycles. The number of hydrogen-bond donors (Lipinski definition) is 3. The summed E-state index contributed by atoms with van der Waals surface area (Å²) in [7, 11) is 1.53. The zero-order chi connectivity index (χ0) is 20.4. The summed E-state index contributed by atoms with van der Waals surface area (Å²) in [6.07, 6.45) is -0.716. The van der Waals surface area contributed by atoms with Crippen molar-refractivity contribution in [1.29, 1.82) is 0 Å². The third kappa shape index (κ3) is 4.10. The molecular formula is C20H20FN5O3. The highest BCUT2D eigenvalue weighted by Crippen LogP contribution is 2.31. The van der Waals surface area contributed by atoms with Crippen molar-refractivity contribution in [2.75, 3.05) is 18.6 Å². The Kier molecular flexibility index (Phi) is 5.24. The molecule has 0 aliphatic carbocycles. The molecule has 150 valence electrons. The highest BCUT2D eigenvalue weighted by molar-refractivity contribution is 5.98. The van der Waals surface area contributed by atoms with E-state index in [9.17, 15) is 14.3 Å². The first-order valence-electron chi connectivity index (χ1n) is 9.10. The summed E-state index contributed by atoms with van der Waals surface area (Å²) in [5.74, 6) is 0.351. The van der Waals surface area contributed by atoms with E-state index >= 15 is 0 Å². The number of anilines is 1. The standard InChI is InChI=1S/C20H20FN5O3/c1-26-15-10-13(21)7-8-16(15)29-11-14(20(26)28)22-19(27)18-23-17(24-25-18)9-12-5-3-2-4-6-12/h2-8,10,14,19,22,27H,9,11H2,1H3,(H,23,24,25). The molecule has 1 aliphatic rings. The summed E-state index contributed by atoms with van der Waals surface area (Å²) in [6, 6.07) is 12.8. The van der Waals surface area contributed by atoms with Gasteiger partial charge >= 0.3 is 0 Å². The summed E-state index contributed by atoms with van der Waals surface area (Å²) in [5, 5.41) is 21.3. The second kappa shape index (κ2) is 7.98. The number of nitrogens with one attached hydrogen (secondary N) is 2. The Balaban J connectivity index is 1.45. The van der Waals surface area contributed by atoms with Gasteiger partial charge in [-0.3, -0.25) is 10.1 Å². The number of aromatic nitrogens is 3. The minimum atomic E-state index is -1.25. The van der Waals surface area contributed by atoms with Crippen molar-refractivity contribution in [3.05, 3.63) is 71.6 Å². The number of carbonyl (C=O) groups excluding carboxylic acids is 1. The molecule has 3 aromatic rings. The molecule has 2 aromatic carbocycles. The van der Waals surface area contributed by atoms with Gasteiger partial charge < -0.3 is 19.7 Å². The molecule has 3 N–H and O–H groups in total. The van der Waals surface area contributed by atoms with Gasteiger partial charge in [0.1, 0.15) is 30.0 Å². The van der Waals surface area contributed by atoms with E-state index in [2.05, 4.69) is 20.5 Å². The quantitative estimate of drug-likeness (QED) is 0.565. The molecule has 29 heavy (non-hydrogen) atoms. The molecule has 2 unspecified atom stereocenters. The lowest BCUT2D eigenvalue weighted by atomic mass is 10.1. The molecule has 0 spiro atoms. The molecule has 0 saturated heterocycles. The van der Waals surface area contributed by atoms with Crippen molar-refractivity contribution in [2.24, 2.45) is 0 Å². The molecule has 8 nitrogen and oxygen atoms in total. The number of ether oxygens (including phenoxy) is 1. The molecular weight excluding hydrogens is 377 g/mol. The van der Waals surface area contributed by atoms with Gasteiger partial charge in [-0.1, -0.05) is 30.3 Å². The van der Waals surface area contributed by atoms with Gasteiger partial charge in [-0.25, -0.2) is 4.39 Å². The minimum absolute atomic E-state index is 0.0239. The van der Waals surface area contributed by atoms with Crippen LogP contribution < -0.4 is 15.0 Å². The summed E-state index contributed by atoms with van der Waals surface area (Å²) < 4.78 is 19.2. The van der Waals surface area contributed by atoms with Gasteiger partial charge in [-0.2, -0.15) is 0 Å². The van der Waals surface area contributed by atoms with Crippen molar-refractivity contribution in [2.45, 2.75) is 18.7 Å². The van der Waals surface area contributed by atoms with Crippen LogP contribution in [-0.2, 0) is 11.2 Å². The van der Waals surface area contributed by atoms with E-state index in [1.54, 1.807) is 0 Å². The van der Waals surface area contributed by atoms with Crippen molar-refractivity contribution in [3.8, 4) is 5.75 Å². The predicted octanol–water partition coefficient (Wildman–Crippen LogP) is 1.54. The average Bonchev–Trinajstić information content (AvgIpc) is 3.16. The predicted molar refractivity (Wildman–Crippen MR) is 103 cm³/mol. The fraction of sp³-hybridized carbons (Fsp3) is 0.250. The zero-order valence-corrected chi connectivity index (χ0v) is 15.7. The van der Waals surface area contributed by atoms with Crippen LogP contribution in [0.15, 0.2) is 48.5 Å². The Morgan fingerprint density at radius 1 is 1.31 bits per heavy atom. The van der Waals surface area contributed by atoms with E-state index in [1.807, 2.05) is 30.3 Å². The first kappa shape index (κ1) is 19.0. The van der Waals surface area contributed by atoms with E-state index in [0.29, 0.717) is 23.7 Å². The molecule has 0 fully saturated rings. The average molecular weight is 397 g/mol. The topological polar surface area (TPSA) is 103 Å². The maximum atomic E-state index is 13.5. The third-order valence-corrected chi connectivity index (χ3v) is 4.70. The van der Waals surface area contributed by atoms with E-state index < -0.39 is 18.1 Å². The van der Waals surface area contributed by atoms with Gasteiger partial charge in [-0.15, -0.1) is 10.2 Å². The van der Waals surface area contributed by atoms with Crippen molar-refractivity contribution in [3.63, 3.8) is 0 Å². The molecule has 4 rings (SSSR count). The SMILES string of the molecule is CN1C(=O)C(NC(O)c2nnc(Cc3ccccc3)[nH]2)COc2ccc(F)cc21. The van der Waals surface area contributed by atoms with Crippen molar-refractivity contribution < 1.29 is 19.0 Å². The molecule has 1 aromatic heterocycles. The van der Waals surface area contributed by atoms with Crippen LogP contribution in [0.4, 0.5) is 10.1 Å². The molecule has 2 atom stereocenters. The number of aromatic amines is 1. The summed E-state index contributed by atoms with van der Waals surface area (Å²) in [4.78, 5) is 17.0. The maximum absolute atomic E-state index is 13.5. The molecule has 1 aliphatic heterocycles. The van der Waals surface area contributed by atoms with Crippen LogP contribution >= 0.6 is 0 Å². The van der Waals surface area contributed by atoms with E-state index in [0.717, 1.165) is 5.56 Å². The number of halogens is 1. The number of aliphatic hydroxyl groups is 1. The molecule has 1 amide bonds. The summed E-state index contributed by atoms with van der Waals surface area (Å²) in [6.45, 7) is -0.0239. The first-order valence-corrected chi connectivity index (χ1v) is 9.10. The monoisotopic (exact) mass is 397 g/mol. The van der Waals surface area contributed by atoms with Gasteiger partial charge in [0.15, 0.2) is 12.1 Å². The van der Waals surface area contributed by atoms with Crippen LogP contribution in [-0.4, -0.2) is 45.9 Å². The number of fused-ring (bicyclic) bond motifs is 1. The number of benzene rings is 2. The van der Waals surface area contributed by atoms with Crippen molar-refractivity contribution >= 4 is 11.6 Å².